The third-order valence-corrected chi connectivity index (χ3v) is 2.78. The minimum Gasteiger partial charge on any atom is -0.399 e. The summed E-state index contributed by atoms with van der Waals surface area (Å²) in [6.45, 7) is 1.66. The third-order valence-electron chi connectivity index (χ3n) is 2.47. The molecule has 0 fully saturated rings. The standard InChI is InChI=1S/C11H15ClN2O2/c1-7(6-15)14(2)11(16)9-4-3-8(13)5-10(9)12/h3-5,7,15H,6,13H2,1-2H3. The van der Waals surface area contributed by atoms with Gasteiger partial charge in [0.2, 0.25) is 0 Å². The summed E-state index contributed by atoms with van der Waals surface area (Å²) in [5.74, 6) is -0.230. The number of nitrogens with zero attached hydrogens (tertiary/aromatic N) is 1. The first-order chi connectivity index (χ1) is 7.47. The Morgan fingerprint density at radius 1 is 1.62 bits per heavy atom. The number of likely N-dealkylation sites (N-methyl/N-ethyl adjacent to an activating group) is 1. The van der Waals surface area contributed by atoms with Crippen LogP contribution < -0.4 is 5.73 Å². The first-order valence-electron chi connectivity index (χ1n) is 4.90. The van der Waals surface area contributed by atoms with Gasteiger partial charge in [-0.1, -0.05) is 11.6 Å². The number of nitrogens with two attached hydrogens (primary N) is 1. The molecule has 5 heteroatoms. The van der Waals surface area contributed by atoms with Crippen molar-refractivity contribution in [3.05, 3.63) is 28.8 Å². The maximum atomic E-state index is 12.0. The maximum absolute atomic E-state index is 12.0. The van der Waals surface area contributed by atoms with Crippen LogP contribution in [0.1, 0.15) is 17.3 Å². The van der Waals surface area contributed by atoms with Gasteiger partial charge in [0.15, 0.2) is 0 Å². The first-order valence-corrected chi connectivity index (χ1v) is 5.28. The van der Waals surface area contributed by atoms with Crippen molar-refractivity contribution in [3.63, 3.8) is 0 Å². The van der Waals surface area contributed by atoms with Crippen LogP contribution in [0.5, 0.6) is 0 Å². The summed E-state index contributed by atoms with van der Waals surface area (Å²) in [5.41, 5.74) is 6.44. The molecule has 88 valence electrons. The Morgan fingerprint density at radius 3 is 2.75 bits per heavy atom. The second-order valence-electron chi connectivity index (χ2n) is 3.69. The van der Waals surface area contributed by atoms with Crippen LogP contribution >= 0.6 is 11.6 Å². The van der Waals surface area contributed by atoms with E-state index < -0.39 is 0 Å². The second kappa shape index (κ2) is 5.18. The van der Waals surface area contributed by atoms with Gasteiger partial charge in [-0.05, 0) is 25.1 Å². The predicted octanol–water partition coefficient (Wildman–Crippen LogP) is 1.38. The summed E-state index contributed by atoms with van der Waals surface area (Å²) >= 11 is 5.93. The van der Waals surface area contributed by atoms with Crippen LogP contribution in [0.25, 0.3) is 0 Å². The van der Waals surface area contributed by atoms with Crippen LogP contribution in [-0.2, 0) is 0 Å². The number of nitrogen functional groups attached to an aromatic ring is 1. The largest absolute Gasteiger partial charge is 0.399 e. The molecule has 3 N–H and O–H groups in total. The Labute approximate surface area is 99.6 Å². The highest BCUT2D eigenvalue weighted by Gasteiger charge is 2.18. The summed E-state index contributed by atoms with van der Waals surface area (Å²) in [6, 6.07) is 4.49. The zero-order valence-corrected chi connectivity index (χ0v) is 10.0. The molecule has 4 nitrogen and oxygen atoms in total. The number of amides is 1. The van der Waals surface area contributed by atoms with Gasteiger partial charge >= 0.3 is 0 Å². The first kappa shape index (κ1) is 12.8. The van der Waals surface area contributed by atoms with Crippen LogP contribution in [0.4, 0.5) is 5.69 Å². The van der Waals surface area contributed by atoms with Crippen molar-refractivity contribution in [3.8, 4) is 0 Å². The second-order valence-corrected chi connectivity index (χ2v) is 4.09. The monoisotopic (exact) mass is 242 g/mol. The number of aliphatic hydroxyl groups is 1. The van der Waals surface area contributed by atoms with E-state index in [2.05, 4.69) is 0 Å². The number of halogens is 1. The Morgan fingerprint density at radius 2 is 2.25 bits per heavy atom. The smallest absolute Gasteiger partial charge is 0.255 e. The molecule has 0 aliphatic heterocycles. The van der Waals surface area contributed by atoms with Crippen LogP contribution in [0.15, 0.2) is 18.2 Å². The van der Waals surface area contributed by atoms with Gasteiger partial charge in [0.05, 0.1) is 23.2 Å². The molecule has 16 heavy (non-hydrogen) atoms. The predicted molar refractivity (Wildman–Crippen MR) is 64.5 cm³/mol. The van der Waals surface area contributed by atoms with Crippen LogP contribution in [0, 0.1) is 0 Å². The molecule has 1 atom stereocenters. The summed E-state index contributed by atoms with van der Waals surface area (Å²) in [4.78, 5) is 13.4. The lowest BCUT2D eigenvalue weighted by atomic mass is 10.1. The number of hydrogen-bond donors (Lipinski definition) is 2. The quantitative estimate of drug-likeness (QED) is 0.787. The van der Waals surface area contributed by atoms with E-state index in [0.717, 1.165) is 0 Å². The van der Waals surface area contributed by atoms with E-state index in [1.807, 2.05) is 0 Å². The summed E-state index contributed by atoms with van der Waals surface area (Å²) in [5, 5.41) is 9.29. The molecule has 0 aromatic heterocycles. The molecule has 1 aromatic carbocycles. The van der Waals surface area contributed by atoms with E-state index >= 15 is 0 Å². The van der Waals surface area contributed by atoms with E-state index in [1.165, 1.54) is 11.0 Å². The highest BCUT2D eigenvalue weighted by atomic mass is 35.5. The molecule has 0 aliphatic carbocycles. The van der Waals surface area contributed by atoms with Gasteiger partial charge in [0.25, 0.3) is 5.91 Å². The van der Waals surface area contributed by atoms with Crippen molar-refractivity contribution in [1.29, 1.82) is 0 Å². The lowest BCUT2D eigenvalue weighted by Crippen LogP contribution is -2.37. The van der Waals surface area contributed by atoms with E-state index in [4.69, 9.17) is 22.4 Å². The minimum atomic E-state index is -0.249. The van der Waals surface area contributed by atoms with Gasteiger partial charge in [0, 0.05) is 12.7 Å². The van der Waals surface area contributed by atoms with Gasteiger partial charge in [-0.25, -0.2) is 0 Å². The maximum Gasteiger partial charge on any atom is 0.255 e. The number of anilines is 1. The SMILES string of the molecule is CC(CO)N(C)C(=O)c1ccc(N)cc1Cl. The number of carbonyl (C=O) groups is 1. The summed E-state index contributed by atoms with van der Waals surface area (Å²) < 4.78 is 0. The highest BCUT2D eigenvalue weighted by Crippen LogP contribution is 2.20. The average molecular weight is 243 g/mol. The van der Waals surface area contributed by atoms with Crippen LogP contribution in [0.2, 0.25) is 5.02 Å². The Hall–Kier alpha value is -1.26. The fourth-order valence-electron chi connectivity index (χ4n) is 1.22. The molecule has 1 unspecified atom stereocenters. The van der Waals surface area contributed by atoms with E-state index in [1.54, 1.807) is 26.1 Å². The van der Waals surface area contributed by atoms with Crippen molar-refractivity contribution in [1.82, 2.24) is 4.90 Å². The van der Waals surface area contributed by atoms with Crippen LogP contribution in [-0.4, -0.2) is 35.6 Å². The van der Waals surface area contributed by atoms with Gasteiger partial charge in [-0.2, -0.15) is 0 Å². The number of hydrogen-bond acceptors (Lipinski definition) is 3. The van der Waals surface area contributed by atoms with Crippen molar-refractivity contribution < 1.29 is 9.90 Å². The minimum absolute atomic E-state index is 0.0885. The Balaban J connectivity index is 2.96. The van der Waals surface area contributed by atoms with Gasteiger partial charge in [-0.3, -0.25) is 4.79 Å². The lowest BCUT2D eigenvalue weighted by molar-refractivity contribution is 0.0682. The zero-order chi connectivity index (χ0) is 12.3. The number of benzene rings is 1. The molecule has 0 saturated heterocycles. The molecule has 0 radical (unpaired) electrons. The molecule has 1 rings (SSSR count). The molecule has 1 amide bonds. The van der Waals surface area contributed by atoms with E-state index in [0.29, 0.717) is 16.3 Å². The summed E-state index contributed by atoms with van der Waals surface area (Å²) in [6.07, 6.45) is 0. The Bertz CT molecular complexity index is 396. The van der Waals surface area contributed by atoms with Crippen LogP contribution in [0.3, 0.4) is 0 Å². The van der Waals surface area contributed by atoms with Crippen molar-refractivity contribution in [2.24, 2.45) is 0 Å². The molecule has 0 heterocycles. The normalized spacial score (nSPS) is 12.2. The van der Waals surface area contributed by atoms with Gasteiger partial charge < -0.3 is 15.7 Å². The molecule has 0 saturated carbocycles. The molecule has 0 aliphatic rings. The molecule has 0 spiro atoms. The number of rotatable bonds is 3. The van der Waals surface area contributed by atoms with E-state index in [-0.39, 0.29) is 18.6 Å². The zero-order valence-electron chi connectivity index (χ0n) is 9.27. The Kier molecular flexibility index (Phi) is 4.15. The number of aliphatic hydroxyl groups excluding tert-OH is 1. The van der Waals surface area contributed by atoms with Crippen molar-refractivity contribution >= 4 is 23.2 Å². The fourth-order valence-corrected chi connectivity index (χ4v) is 1.49. The third kappa shape index (κ3) is 2.65. The average Bonchev–Trinajstić information content (AvgIpc) is 2.26. The van der Waals surface area contributed by atoms with Gasteiger partial charge in [0.1, 0.15) is 0 Å². The molecular weight excluding hydrogens is 228 g/mol. The lowest BCUT2D eigenvalue weighted by Gasteiger charge is -2.23. The summed E-state index contributed by atoms with van der Waals surface area (Å²) in [7, 11) is 1.62. The fraction of sp³-hybridized carbons (Fsp3) is 0.364. The van der Waals surface area contributed by atoms with Gasteiger partial charge in [-0.15, -0.1) is 0 Å². The van der Waals surface area contributed by atoms with Crippen molar-refractivity contribution in [2.75, 3.05) is 19.4 Å². The molecule has 0 bridgehead atoms. The number of carbonyl (C=O) groups excluding carboxylic acids is 1. The molecular formula is C11H15ClN2O2. The topological polar surface area (TPSA) is 66.6 Å². The van der Waals surface area contributed by atoms with Crippen molar-refractivity contribution in [2.45, 2.75) is 13.0 Å². The molecule has 1 aromatic rings. The van der Waals surface area contributed by atoms with E-state index in [9.17, 15) is 4.79 Å². The highest BCUT2D eigenvalue weighted by molar-refractivity contribution is 6.34.